The summed E-state index contributed by atoms with van der Waals surface area (Å²) in [5, 5.41) is 24.1. The quantitative estimate of drug-likeness (QED) is 0.504. The monoisotopic (exact) mass is 372 g/mol. The van der Waals surface area contributed by atoms with Crippen LogP contribution in [-0.2, 0) is 9.63 Å². The summed E-state index contributed by atoms with van der Waals surface area (Å²) in [7, 11) is 0. The number of hydrogen-bond donors (Lipinski definition) is 3. The van der Waals surface area contributed by atoms with Crippen LogP contribution in [0, 0.1) is 11.3 Å². The van der Waals surface area contributed by atoms with Gasteiger partial charge < -0.3 is 15.3 Å². The molecule has 1 atom stereocenters. The van der Waals surface area contributed by atoms with Crippen molar-refractivity contribution in [3.8, 4) is 0 Å². The van der Waals surface area contributed by atoms with E-state index in [0.717, 1.165) is 62.2 Å². The number of likely N-dealkylation sites (tertiary alicyclic amines) is 1. The predicted octanol–water partition coefficient (Wildman–Crippen LogP) is 2.30. The Morgan fingerprint density at radius 3 is 2.67 bits per heavy atom. The molecule has 1 aromatic rings. The first-order chi connectivity index (χ1) is 13.0. The molecule has 0 aliphatic carbocycles. The van der Waals surface area contributed by atoms with E-state index in [-0.39, 0.29) is 12.6 Å². The van der Waals surface area contributed by atoms with E-state index >= 15 is 0 Å². The van der Waals surface area contributed by atoms with Crippen LogP contribution in [0.2, 0.25) is 0 Å². The number of hydrogen-bond acceptors (Lipinski definition) is 5. The average molecular weight is 372 g/mol. The molecule has 0 radical (unpaired) electrons. The number of nitrogens with zero attached hydrogens (tertiary/aromatic N) is 2. The fraction of sp³-hybridized carbons (Fsp3) is 0.550. The number of rotatable bonds is 7. The van der Waals surface area contributed by atoms with Crippen LogP contribution in [0.5, 0.6) is 0 Å². The van der Waals surface area contributed by atoms with Crippen LogP contribution in [0.3, 0.4) is 0 Å². The molecule has 0 spiro atoms. The van der Waals surface area contributed by atoms with Crippen LogP contribution >= 0.6 is 0 Å². The Balaban J connectivity index is 1.46. The summed E-state index contributed by atoms with van der Waals surface area (Å²) in [6.07, 6.45) is 3.92. The SMILES string of the molecule is CCNC(=N)c1ccc(C2=NOC(CC3CCN(CC(=O)O)CC3)C2)cc1. The Kier molecular flexibility index (Phi) is 6.45. The zero-order chi connectivity index (χ0) is 19.2. The Morgan fingerprint density at radius 2 is 2.04 bits per heavy atom. The van der Waals surface area contributed by atoms with Crippen LogP contribution < -0.4 is 5.32 Å². The number of benzene rings is 1. The highest BCUT2D eigenvalue weighted by atomic mass is 16.6. The standard InChI is InChI=1S/C20H28N4O3/c1-2-22-20(21)16-5-3-15(4-6-16)18-12-17(27-23-18)11-14-7-9-24(10-8-14)13-19(25)26/h3-6,14,17H,2,7-13H2,1H3,(H2,21,22)(H,25,26). The third kappa shape index (κ3) is 5.29. The topological polar surface area (TPSA) is 98.0 Å². The third-order valence-electron chi connectivity index (χ3n) is 5.26. The second-order valence-electron chi connectivity index (χ2n) is 7.30. The minimum absolute atomic E-state index is 0.107. The molecule has 146 valence electrons. The smallest absolute Gasteiger partial charge is 0.317 e. The zero-order valence-electron chi connectivity index (χ0n) is 15.8. The molecule has 1 fully saturated rings. The number of carboxylic acid groups (broad SMARTS) is 1. The van der Waals surface area contributed by atoms with Crippen molar-refractivity contribution in [3.05, 3.63) is 35.4 Å². The Labute approximate surface area is 159 Å². The highest BCUT2D eigenvalue weighted by Gasteiger charge is 2.28. The summed E-state index contributed by atoms with van der Waals surface area (Å²) in [4.78, 5) is 18.5. The van der Waals surface area contributed by atoms with Crippen LogP contribution in [0.1, 0.15) is 43.7 Å². The number of aliphatic carboxylic acids is 1. The maximum atomic E-state index is 10.8. The molecule has 2 heterocycles. The summed E-state index contributed by atoms with van der Waals surface area (Å²) in [6, 6.07) is 7.87. The minimum Gasteiger partial charge on any atom is -0.480 e. The molecule has 3 N–H and O–H groups in total. The van der Waals surface area contributed by atoms with Crippen molar-refractivity contribution in [2.45, 2.75) is 38.7 Å². The molecule has 1 unspecified atom stereocenters. The Bertz CT molecular complexity index is 694. The van der Waals surface area contributed by atoms with Crippen molar-refractivity contribution < 1.29 is 14.7 Å². The van der Waals surface area contributed by atoms with Crippen molar-refractivity contribution in [2.75, 3.05) is 26.2 Å². The van der Waals surface area contributed by atoms with Crippen molar-refractivity contribution >= 4 is 17.5 Å². The van der Waals surface area contributed by atoms with E-state index in [1.54, 1.807) is 0 Å². The number of amidine groups is 1. The van der Waals surface area contributed by atoms with Gasteiger partial charge in [0.05, 0.1) is 12.3 Å². The van der Waals surface area contributed by atoms with E-state index in [9.17, 15) is 4.79 Å². The van der Waals surface area contributed by atoms with E-state index in [2.05, 4.69) is 10.5 Å². The van der Waals surface area contributed by atoms with E-state index in [1.165, 1.54) is 0 Å². The molecule has 0 amide bonds. The molecule has 1 aromatic carbocycles. The number of oxime groups is 1. The molecule has 0 saturated carbocycles. The minimum atomic E-state index is -0.753. The lowest BCUT2D eigenvalue weighted by atomic mass is 9.89. The van der Waals surface area contributed by atoms with Gasteiger partial charge in [-0.1, -0.05) is 29.4 Å². The average Bonchev–Trinajstić information content (AvgIpc) is 3.12. The lowest BCUT2D eigenvalue weighted by molar-refractivity contribution is -0.138. The summed E-state index contributed by atoms with van der Waals surface area (Å²) in [6.45, 7) is 4.54. The molecule has 7 nitrogen and oxygen atoms in total. The number of carboxylic acids is 1. The predicted molar refractivity (Wildman–Crippen MR) is 104 cm³/mol. The lowest BCUT2D eigenvalue weighted by Gasteiger charge is -2.31. The van der Waals surface area contributed by atoms with Crippen molar-refractivity contribution in [2.24, 2.45) is 11.1 Å². The first kappa shape index (κ1) is 19.4. The highest BCUT2D eigenvalue weighted by molar-refractivity contribution is 6.02. The molecule has 1 saturated heterocycles. The van der Waals surface area contributed by atoms with Gasteiger partial charge in [0.25, 0.3) is 0 Å². The van der Waals surface area contributed by atoms with Gasteiger partial charge in [-0.3, -0.25) is 15.1 Å². The van der Waals surface area contributed by atoms with Gasteiger partial charge in [-0.15, -0.1) is 0 Å². The fourth-order valence-corrected chi connectivity index (χ4v) is 3.78. The first-order valence-corrected chi connectivity index (χ1v) is 9.65. The van der Waals surface area contributed by atoms with Gasteiger partial charge >= 0.3 is 5.97 Å². The van der Waals surface area contributed by atoms with Gasteiger partial charge in [-0.2, -0.15) is 0 Å². The van der Waals surface area contributed by atoms with Crippen LogP contribution in [0.15, 0.2) is 29.4 Å². The van der Waals surface area contributed by atoms with Crippen LogP contribution in [0.4, 0.5) is 0 Å². The molecule has 7 heteroatoms. The van der Waals surface area contributed by atoms with Crippen LogP contribution in [0.25, 0.3) is 0 Å². The second kappa shape index (κ2) is 8.99. The molecular weight excluding hydrogens is 344 g/mol. The van der Waals surface area contributed by atoms with Crippen molar-refractivity contribution in [1.29, 1.82) is 5.41 Å². The maximum Gasteiger partial charge on any atom is 0.317 e. The van der Waals surface area contributed by atoms with E-state index in [1.807, 2.05) is 36.1 Å². The van der Waals surface area contributed by atoms with Gasteiger partial charge in [0.15, 0.2) is 0 Å². The Hall–Kier alpha value is -2.41. The van der Waals surface area contributed by atoms with Gasteiger partial charge in [-0.25, -0.2) is 0 Å². The number of carbonyl (C=O) groups is 1. The van der Waals surface area contributed by atoms with Crippen molar-refractivity contribution in [3.63, 3.8) is 0 Å². The number of piperidine rings is 1. The number of nitrogens with one attached hydrogen (secondary N) is 2. The van der Waals surface area contributed by atoms with E-state index in [4.69, 9.17) is 15.4 Å². The molecular formula is C20H28N4O3. The largest absolute Gasteiger partial charge is 0.480 e. The van der Waals surface area contributed by atoms with E-state index < -0.39 is 5.97 Å². The normalized spacial score (nSPS) is 20.8. The first-order valence-electron chi connectivity index (χ1n) is 9.65. The molecule has 0 bridgehead atoms. The second-order valence-corrected chi connectivity index (χ2v) is 7.30. The lowest BCUT2D eigenvalue weighted by Crippen LogP contribution is -2.38. The molecule has 2 aliphatic heterocycles. The van der Waals surface area contributed by atoms with Crippen LogP contribution in [-0.4, -0.2) is 59.8 Å². The molecule has 0 aromatic heterocycles. The summed E-state index contributed by atoms with van der Waals surface area (Å²) in [5.41, 5.74) is 2.87. The maximum absolute atomic E-state index is 10.8. The van der Waals surface area contributed by atoms with Gasteiger partial charge in [0.1, 0.15) is 11.9 Å². The fourth-order valence-electron chi connectivity index (χ4n) is 3.78. The molecule has 27 heavy (non-hydrogen) atoms. The van der Waals surface area contributed by atoms with Crippen molar-refractivity contribution in [1.82, 2.24) is 10.2 Å². The van der Waals surface area contributed by atoms with Gasteiger partial charge in [0.2, 0.25) is 0 Å². The van der Waals surface area contributed by atoms with E-state index in [0.29, 0.717) is 11.8 Å². The third-order valence-corrected chi connectivity index (χ3v) is 5.26. The van der Waals surface area contributed by atoms with Gasteiger partial charge in [-0.05, 0) is 50.8 Å². The summed E-state index contributed by atoms with van der Waals surface area (Å²) in [5.74, 6) is 0.246. The zero-order valence-corrected chi connectivity index (χ0v) is 15.8. The Morgan fingerprint density at radius 1 is 1.33 bits per heavy atom. The summed E-state index contributed by atoms with van der Waals surface area (Å²) < 4.78 is 0. The highest BCUT2D eigenvalue weighted by Crippen LogP contribution is 2.27. The molecule has 2 aliphatic rings. The van der Waals surface area contributed by atoms with Gasteiger partial charge in [0, 0.05) is 18.5 Å². The summed E-state index contributed by atoms with van der Waals surface area (Å²) >= 11 is 0. The molecule has 3 rings (SSSR count).